The van der Waals surface area contributed by atoms with E-state index in [1.807, 2.05) is 30.3 Å². The third kappa shape index (κ3) is 7.08. The summed E-state index contributed by atoms with van der Waals surface area (Å²) in [6.07, 6.45) is 1.32. The monoisotopic (exact) mass is 595 g/mol. The average molecular weight is 596 g/mol. The SMILES string of the molecule is COc1cc(/C=C2/C(=O)NC(=O)N(c3ccc(OCc4ccccc4)cc3)C2=O)ccc1OCC(=O)Nc1ccc(F)cc1. The molecule has 4 aromatic carbocycles. The topological polar surface area (TPSA) is 123 Å². The third-order valence-corrected chi connectivity index (χ3v) is 6.43. The number of imide groups is 2. The Labute approximate surface area is 251 Å². The summed E-state index contributed by atoms with van der Waals surface area (Å²) in [7, 11) is 1.39. The van der Waals surface area contributed by atoms with Crippen LogP contribution in [0.5, 0.6) is 17.2 Å². The number of hydrogen-bond donors (Lipinski definition) is 2. The molecule has 44 heavy (non-hydrogen) atoms. The normalized spacial score (nSPS) is 13.8. The van der Waals surface area contributed by atoms with Crippen molar-refractivity contribution in [3.8, 4) is 17.2 Å². The van der Waals surface area contributed by atoms with Gasteiger partial charge in [0.2, 0.25) is 0 Å². The van der Waals surface area contributed by atoms with Gasteiger partial charge in [-0.25, -0.2) is 14.1 Å². The molecule has 1 saturated heterocycles. The predicted octanol–water partition coefficient (Wildman–Crippen LogP) is 5.10. The summed E-state index contributed by atoms with van der Waals surface area (Å²) in [6, 6.07) is 24.9. The Morgan fingerprint density at radius 3 is 2.32 bits per heavy atom. The molecular weight excluding hydrogens is 569 g/mol. The number of ether oxygens (including phenoxy) is 3. The maximum Gasteiger partial charge on any atom is 0.335 e. The summed E-state index contributed by atoms with van der Waals surface area (Å²) >= 11 is 0. The number of rotatable bonds is 10. The van der Waals surface area contributed by atoms with Gasteiger partial charge in [-0.3, -0.25) is 19.7 Å². The van der Waals surface area contributed by atoms with E-state index >= 15 is 0 Å². The summed E-state index contributed by atoms with van der Waals surface area (Å²) in [4.78, 5) is 51.7. The number of carbonyl (C=O) groups is 4. The van der Waals surface area contributed by atoms with Crippen molar-refractivity contribution < 1.29 is 37.8 Å². The molecule has 1 heterocycles. The van der Waals surface area contributed by atoms with E-state index in [1.54, 1.807) is 30.3 Å². The maximum absolute atomic E-state index is 13.3. The molecule has 0 atom stereocenters. The average Bonchev–Trinajstić information content (AvgIpc) is 3.03. The first kappa shape index (κ1) is 29.5. The van der Waals surface area contributed by atoms with Gasteiger partial charge in [-0.05, 0) is 77.9 Å². The number of urea groups is 1. The van der Waals surface area contributed by atoms with E-state index in [9.17, 15) is 23.6 Å². The number of barbiturate groups is 1. The van der Waals surface area contributed by atoms with Crippen LogP contribution in [0.15, 0.2) is 103 Å². The lowest BCUT2D eigenvalue weighted by molar-refractivity contribution is -0.122. The minimum Gasteiger partial charge on any atom is -0.493 e. The highest BCUT2D eigenvalue weighted by Gasteiger charge is 2.36. The van der Waals surface area contributed by atoms with Gasteiger partial charge in [0.25, 0.3) is 17.7 Å². The number of amides is 5. The molecule has 10 nitrogen and oxygen atoms in total. The molecule has 11 heteroatoms. The van der Waals surface area contributed by atoms with Crippen LogP contribution in [0, 0.1) is 5.82 Å². The summed E-state index contributed by atoms with van der Waals surface area (Å²) in [5.41, 5.74) is 1.77. The van der Waals surface area contributed by atoms with Crippen LogP contribution in [0.1, 0.15) is 11.1 Å². The van der Waals surface area contributed by atoms with E-state index in [0.29, 0.717) is 23.6 Å². The lowest BCUT2D eigenvalue weighted by Crippen LogP contribution is -2.54. The van der Waals surface area contributed by atoms with Crippen LogP contribution < -0.4 is 29.7 Å². The number of nitrogens with zero attached hydrogens (tertiary/aromatic N) is 1. The highest BCUT2D eigenvalue weighted by Crippen LogP contribution is 2.30. The lowest BCUT2D eigenvalue weighted by atomic mass is 10.1. The van der Waals surface area contributed by atoms with Gasteiger partial charge in [0, 0.05) is 5.69 Å². The predicted molar refractivity (Wildman–Crippen MR) is 160 cm³/mol. The molecule has 0 unspecified atom stereocenters. The second-order valence-corrected chi connectivity index (χ2v) is 9.48. The maximum atomic E-state index is 13.3. The van der Waals surface area contributed by atoms with Gasteiger partial charge < -0.3 is 19.5 Å². The molecule has 5 amide bonds. The molecule has 2 N–H and O–H groups in total. The van der Waals surface area contributed by atoms with Gasteiger partial charge in [-0.2, -0.15) is 0 Å². The zero-order valence-corrected chi connectivity index (χ0v) is 23.4. The largest absolute Gasteiger partial charge is 0.493 e. The van der Waals surface area contributed by atoms with Crippen molar-refractivity contribution >= 4 is 41.2 Å². The molecule has 1 aliphatic heterocycles. The summed E-state index contributed by atoms with van der Waals surface area (Å²) < 4.78 is 29.8. The summed E-state index contributed by atoms with van der Waals surface area (Å²) in [6.45, 7) is -0.0105. The Morgan fingerprint density at radius 1 is 0.886 bits per heavy atom. The molecule has 0 saturated carbocycles. The van der Waals surface area contributed by atoms with E-state index in [4.69, 9.17) is 14.2 Å². The smallest absolute Gasteiger partial charge is 0.335 e. The summed E-state index contributed by atoms with van der Waals surface area (Å²) in [5.74, 6) is -1.56. The van der Waals surface area contributed by atoms with E-state index in [2.05, 4.69) is 10.6 Å². The molecule has 4 aromatic rings. The van der Waals surface area contributed by atoms with Crippen molar-refractivity contribution in [3.05, 3.63) is 120 Å². The van der Waals surface area contributed by atoms with Crippen LogP contribution in [-0.4, -0.2) is 37.5 Å². The minimum atomic E-state index is -0.879. The molecule has 222 valence electrons. The number of methoxy groups -OCH3 is 1. The fraction of sp³-hybridized carbons (Fsp3) is 0.0909. The fourth-order valence-electron chi connectivity index (χ4n) is 4.26. The minimum absolute atomic E-state index is 0.231. The Morgan fingerprint density at radius 2 is 1.61 bits per heavy atom. The molecule has 0 aliphatic carbocycles. The first-order valence-corrected chi connectivity index (χ1v) is 13.4. The van der Waals surface area contributed by atoms with Crippen molar-refractivity contribution in [2.45, 2.75) is 6.61 Å². The van der Waals surface area contributed by atoms with E-state index in [0.717, 1.165) is 10.5 Å². The third-order valence-electron chi connectivity index (χ3n) is 6.43. The fourth-order valence-corrected chi connectivity index (χ4v) is 4.26. The summed E-state index contributed by atoms with van der Waals surface area (Å²) in [5, 5.41) is 4.78. The number of anilines is 2. The van der Waals surface area contributed by atoms with Gasteiger partial charge in [0.15, 0.2) is 18.1 Å². The van der Waals surface area contributed by atoms with Crippen LogP contribution in [0.2, 0.25) is 0 Å². The highest BCUT2D eigenvalue weighted by atomic mass is 19.1. The highest BCUT2D eigenvalue weighted by molar-refractivity contribution is 6.39. The van der Waals surface area contributed by atoms with Crippen LogP contribution in [0.4, 0.5) is 20.6 Å². The van der Waals surface area contributed by atoms with Crippen molar-refractivity contribution in [2.75, 3.05) is 23.9 Å². The second kappa shape index (κ2) is 13.3. The number of nitrogens with one attached hydrogen (secondary N) is 2. The van der Waals surface area contributed by atoms with Crippen LogP contribution in [0.25, 0.3) is 6.08 Å². The first-order chi connectivity index (χ1) is 21.3. The zero-order chi connectivity index (χ0) is 31.1. The van der Waals surface area contributed by atoms with Gasteiger partial charge in [0.05, 0.1) is 12.8 Å². The van der Waals surface area contributed by atoms with Crippen molar-refractivity contribution in [1.82, 2.24) is 5.32 Å². The van der Waals surface area contributed by atoms with Gasteiger partial charge in [-0.1, -0.05) is 36.4 Å². The van der Waals surface area contributed by atoms with Gasteiger partial charge in [-0.15, -0.1) is 0 Å². The molecule has 0 aromatic heterocycles. The number of halogens is 1. The lowest BCUT2D eigenvalue weighted by Gasteiger charge is -2.26. The molecule has 0 radical (unpaired) electrons. The first-order valence-electron chi connectivity index (χ1n) is 13.4. The molecule has 0 bridgehead atoms. The van der Waals surface area contributed by atoms with Crippen molar-refractivity contribution in [3.63, 3.8) is 0 Å². The Bertz CT molecular complexity index is 1720. The molecule has 5 rings (SSSR count). The van der Waals surface area contributed by atoms with E-state index < -0.39 is 29.6 Å². The van der Waals surface area contributed by atoms with E-state index in [-0.39, 0.29) is 29.4 Å². The molecular formula is C33H26FN3O7. The van der Waals surface area contributed by atoms with Gasteiger partial charge >= 0.3 is 6.03 Å². The number of carbonyl (C=O) groups excluding carboxylic acids is 4. The number of hydrogen-bond acceptors (Lipinski definition) is 7. The molecule has 0 spiro atoms. The standard InChI is InChI=1S/C33H26FN3O7/c1-42-29-18-22(7-16-28(29)44-20-30(38)35-24-10-8-23(34)9-11-24)17-27-31(39)36-33(41)37(32(27)40)25-12-14-26(15-13-25)43-19-21-5-3-2-4-6-21/h2-18H,19-20H2,1H3,(H,35,38)(H,36,39,41)/b27-17-. The quantitative estimate of drug-likeness (QED) is 0.193. The Balaban J connectivity index is 1.27. The Kier molecular flexibility index (Phi) is 8.95. The van der Waals surface area contributed by atoms with E-state index in [1.165, 1.54) is 49.6 Å². The van der Waals surface area contributed by atoms with Crippen LogP contribution in [0.3, 0.4) is 0 Å². The Hall–Kier alpha value is -5.97. The molecule has 1 aliphatic rings. The second-order valence-electron chi connectivity index (χ2n) is 9.48. The van der Waals surface area contributed by atoms with Crippen LogP contribution >= 0.6 is 0 Å². The molecule has 1 fully saturated rings. The van der Waals surface area contributed by atoms with Crippen LogP contribution in [-0.2, 0) is 21.0 Å². The van der Waals surface area contributed by atoms with Crippen molar-refractivity contribution in [1.29, 1.82) is 0 Å². The van der Waals surface area contributed by atoms with Crippen molar-refractivity contribution in [2.24, 2.45) is 0 Å². The number of benzene rings is 4. The zero-order valence-electron chi connectivity index (χ0n) is 23.4. The van der Waals surface area contributed by atoms with Gasteiger partial charge in [0.1, 0.15) is 23.7 Å².